The van der Waals surface area contributed by atoms with Gasteiger partial charge in [-0.2, -0.15) is 0 Å². The van der Waals surface area contributed by atoms with Crippen LogP contribution in [-0.4, -0.2) is 25.0 Å². The third-order valence-corrected chi connectivity index (χ3v) is 7.56. The monoisotopic (exact) mass is 426 g/mol. The van der Waals surface area contributed by atoms with Crippen molar-refractivity contribution in [2.75, 3.05) is 12.4 Å². The molecule has 158 valence electrons. The van der Waals surface area contributed by atoms with Crippen LogP contribution in [0.1, 0.15) is 40.1 Å². The van der Waals surface area contributed by atoms with Crippen LogP contribution in [0.4, 0.5) is 5.00 Å². The molecule has 0 aliphatic heterocycles. The molecular formula is C23H24NO5S-. The molecule has 2 aliphatic rings. The summed E-state index contributed by atoms with van der Waals surface area (Å²) in [6.45, 7) is 3.88. The smallest absolute Gasteiger partial charge is 0.341 e. The van der Waals surface area contributed by atoms with E-state index in [1.165, 1.54) is 18.4 Å². The van der Waals surface area contributed by atoms with E-state index in [1.54, 1.807) is 0 Å². The second-order valence-corrected chi connectivity index (χ2v) is 9.51. The van der Waals surface area contributed by atoms with E-state index in [0.717, 1.165) is 40.8 Å². The first kappa shape index (κ1) is 20.6. The molecule has 7 heteroatoms. The van der Waals surface area contributed by atoms with Gasteiger partial charge in [0.25, 0.3) is 0 Å². The van der Waals surface area contributed by atoms with Crippen molar-refractivity contribution in [1.29, 1.82) is 0 Å². The molecule has 2 aliphatic carbocycles. The fraction of sp³-hybridized carbons (Fsp3) is 0.435. The number of thiophene rings is 1. The van der Waals surface area contributed by atoms with Crippen molar-refractivity contribution in [2.45, 2.75) is 33.1 Å². The largest absolute Gasteiger partial charge is 0.550 e. The second-order valence-electron chi connectivity index (χ2n) is 8.29. The maximum Gasteiger partial charge on any atom is 0.341 e. The molecule has 1 N–H and O–H groups in total. The van der Waals surface area contributed by atoms with Crippen molar-refractivity contribution >= 4 is 34.2 Å². The summed E-state index contributed by atoms with van der Waals surface area (Å²) in [5.74, 6) is -3.36. The zero-order valence-corrected chi connectivity index (χ0v) is 18.0. The van der Waals surface area contributed by atoms with Crippen molar-refractivity contribution in [3.8, 4) is 11.1 Å². The van der Waals surface area contributed by atoms with Crippen LogP contribution < -0.4 is 10.4 Å². The molecule has 2 saturated carbocycles. The van der Waals surface area contributed by atoms with Crippen LogP contribution >= 0.6 is 11.3 Å². The number of amides is 1. The number of hydrogen-bond donors (Lipinski definition) is 1. The topological polar surface area (TPSA) is 95.5 Å². The van der Waals surface area contributed by atoms with Gasteiger partial charge in [0.2, 0.25) is 5.91 Å². The third-order valence-electron chi connectivity index (χ3n) is 6.54. The van der Waals surface area contributed by atoms with Crippen LogP contribution in [0.5, 0.6) is 0 Å². The minimum atomic E-state index is -1.15. The highest BCUT2D eigenvalue weighted by molar-refractivity contribution is 7.17. The summed E-state index contributed by atoms with van der Waals surface area (Å²) in [4.78, 5) is 38.3. The molecular weight excluding hydrogens is 402 g/mol. The quantitative estimate of drug-likeness (QED) is 0.741. The van der Waals surface area contributed by atoms with Gasteiger partial charge in [0, 0.05) is 28.2 Å². The standard InChI is InChI=1S/C23H25NO5S/c1-11-4-6-13(7-5-11)16-12(2)30-21(19(16)23(28)29-3)24-20(25)17-14-8-9-15(10-14)18(17)22(26)27/h4-7,14-15,17-18H,8-10H2,1-3H3,(H,24,25)(H,26,27)/p-1/t14-,15+,17+,18+/m0/s1. The zero-order chi connectivity index (χ0) is 21.6. The van der Waals surface area contributed by atoms with E-state index in [4.69, 9.17) is 4.74 Å². The lowest BCUT2D eigenvalue weighted by molar-refractivity contribution is -0.314. The molecule has 2 bridgehead atoms. The first-order valence-electron chi connectivity index (χ1n) is 10.1. The molecule has 6 nitrogen and oxygen atoms in total. The number of ether oxygens (including phenoxy) is 1. The maximum absolute atomic E-state index is 13.1. The fourth-order valence-corrected chi connectivity index (χ4v) is 6.27. The van der Waals surface area contributed by atoms with Gasteiger partial charge < -0.3 is 20.0 Å². The summed E-state index contributed by atoms with van der Waals surface area (Å²) >= 11 is 1.30. The zero-order valence-electron chi connectivity index (χ0n) is 17.2. The van der Waals surface area contributed by atoms with Crippen LogP contribution in [0.2, 0.25) is 0 Å². The molecule has 0 spiro atoms. The number of fused-ring (bicyclic) bond motifs is 2. The second kappa shape index (κ2) is 7.87. The Balaban J connectivity index is 1.70. The number of aryl methyl sites for hydroxylation is 2. The summed E-state index contributed by atoms with van der Waals surface area (Å²) in [6.07, 6.45) is 2.43. The number of carbonyl (C=O) groups is 3. The number of esters is 1. The van der Waals surface area contributed by atoms with Crippen LogP contribution in [-0.2, 0) is 14.3 Å². The molecule has 2 aromatic rings. The Morgan fingerprint density at radius 1 is 1.07 bits per heavy atom. The Morgan fingerprint density at radius 3 is 2.30 bits per heavy atom. The highest BCUT2D eigenvalue weighted by Gasteiger charge is 2.51. The van der Waals surface area contributed by atoms with Gasteiger partial charge in [-0.05, 0) is 50.5 Å². The number of nitrogens with one attached hydrogen (secondary N) is 1. The summed E-state index contributed by atoms with van der Waals surface area (Å²) in [5, 5.41) is 15.0. The fourth-order valence-electron chi connectivity index (χ4n) is 5.20. The lowest BCUT2D eigenvalue weighted by Crippen LogP contribution is -2.44. The van der Waals surface area contributed by atoms with Gasteiger partial charge in [-0.3, -0.25) is 4.79 Å². The molecule has 30 heavy (non-hydrogen) atoms. The molecule has 0 unspecified atom stereocenters. The van der Waals surface area contributed by atoms with Gasteiger partial charge in [-0.1, -0.05) is 29.8 Å². The summed E-state index contributed by atoms with van der Waals surface area (Å²) in [7, 11) is 1.31. The van der Waals surface area contributed by atoms with Gasteiger partial charge >= 0.3 is 5.97 Å². The van der Waals surface area contributed by atoms with Gasteiger partial charge in [0.05, 0.1) is 7.11 Å². The first-order valence-corrected chi connectivity index (χ1v) is 10.9. The van der Waals surface area contributed by atoms with E-state index < -0.39 is 23.8 Å². The molecule has 1 amide bonds. The Hall–Kier alpha value is -2.67. The number of benzene rings is 1. The Morgan fingerprint density at radius 2 is 1.70 bits per heavy atom. The number of hydrogen-bond acceptors (Lipinski definition) is 6. The Kier molecular flexibility index (Phi) is 5.40. The number of carbonyl (C=O) groups excluding carboxylic acids is 3. The Labute approximate surface area is 179 Å². The van der Waals surface area contributed by atoms with Crippen LogP contribution in [0.25, 0.3) is 11.1 Å². The maximum atomic E-state index is 13.1. The van der Waals surface area contributed by atoms with Crippen molar-refractivity contribution in [1.82, 2.24) is 0 Å². The predicted molar refractivity (Wildman–Crippen MR) is 112 cm³/mol. The lowest BCUT2D eigenvalue weighted by atomic mass is 9.78. The SMILES string of the molecule is COC(=O)c1c(NC(=O)[C@@H]2[C@H]3CC[C@H](C3)[C@H]2C(=O)[O-])sc(C)c1-c1ccc(C)cc1. The summed E-state index contributed by atoms with van der Waals surface area (Å²) in [5.41, 5.74) is 3.00. The van der Waals surface area contributed by atoms with Gasteiger partial charge in [-0.25, -0.2) is 4.79 Å². The van der Waals surface area contributed by atoms with Crippen molar-refractivity contribution in [3.63, 3.8) is 0 Å². The number of rotatable bonds is 5. The molecule has 1 heterocycles. The van der Waals surface area contributed by atoms with Gasteiger partial charge in [-0.15, -0.1) is 11.3 Å². The van der Waals surface area contributed by atoms with Crippen LogP contribution in [0.15, 0.2) is 24.3 Å². The first-order chi connectivity index (χ1) is 14.3. The van der Waals surface area contributed by atoms with Crippen molar-refractivity contribution < 1.29 is 24.2 Å². The van der Waals surface area contributed by atoms with Crippen molar-refractivity contribution in [2.24, 2.45) is 23.7 Å². The van der Waals surface area contributed by atoms with Gasteiger partial charge in [0.1, 0.15) is 10.6 Å². The third kappa shape index (κ3) is 3.41. The summed E-state index contributed by atoms with van der Waals surface area (Å²) < 4.78 is 5.00. The van der Waals surface area contributed by atoms with Gasteiger partial charge in [0.15, 0.2) is 0 Å². The average molecular weight is 427 g/mol. The number of aliphatic carboxylic acids is 1. The van der Waals surface area contributed by atoms with Crippen LogP contribution in [0, 0.1) is 37.5 Å². The van der Waals surface area contributed by atoms with E-state index in [-0.39, 0.29) is 17.7 Å². The molecule has 4 rings (SSSR count). The number of anilines is 1. The molecule has 0 radical (unpaired) electrons. The lowest BCUT2D eigenvalue weighted by Gasteiger charge is -2.30. The molecule has 1 aromatic heterocycles. The van der Waals surface area contributed by atoms with Crippen molar-refractivity contribution in [3.05, 3.63) is 40.3 Å². The van der Waals surface area contributed by atoms with E-state index in [1.807, 2.05) is 38.1 Å². The van der Waals surface area contributed by atoms with E-state index in [9.17, 15) is 19.5 Å². The minimum absolute atomic E-state index is 0.00372. The number of methoxy groups -OCH3 is 1. The highest BCUT2D eigenvalue weighted by atomic mass is 32.1. The normalized spacial score (nSPS) is 24.6. The van der Waals surface area contributed by atoms with Crippen LogP contribution in [0.3, 0.4) is 0 Å². The molecule has 0 saturated heterocycles. The van der Waals surface area contributed by atoms with E-state index in [0.29, 0.717) is 10.6 Å². The van der Waals surface area contributed by atoms with E-state index in [2.05, 4.69) is 5.32 Å². The highest BCUT2D eigenvalue weighted by Crippen LogP contribution is 2.52. The number of carboxylic acids is 1. The Bertz CT molecular complexity index is 1010. The summed E-state index contributed by atoms with van der Waals surface area (Å²) in [6, 6.07) is 7.80. The predicted octanol–water partition coefficient (Wildman–Crippen LogP) is 3.17. The molecule has 2 fully saturated rings. The number of carboxylic acid groups (broad SMARTS) is 1. The minimum Gasteiger partial charge on any atom is -0.550 e. The van der Waals surface area contributed by atoms with E-state index >= 15 is 0 Å². The molecule has 4 atom stereocenters. The molecule has 1 aromatic carbocycles. The average Bonchev–Trinajstić information content (AvgIpc) is 3.41.